The Balaban J connectivity index is 2.72. The van der Waals surface area contributed by atoms with Crippen LogP contribution in [0.5, 0.6) is 0 Å². The van der Waals surface area contributed by atoms with Crippen LogP contribution in [0.3, 0.4) is 0 Å². The summed E-state index contributed by atoms with van der Waals surface area (Å²) in [6, 6.07) is 20.5. The van der Waals surface area contributed by atoms with Crippen LogP contribution in [0.15, 0.2) is 60.7 Å². The van der Waals surface area contributed by atoms with Gasteiger partial charge in [0.2, 0.25) is 0 Å². The Labute approximate surface area is 127 Å². The first-order valence-electron chi connectivity index (χ1n) is 7.20. The third kappa shape index (κ3) is 2.79. The van der Waals surface area contributed by atoms with Crippen molar-refractivity contribution >= 4 is 18.4 Å². The number of nitrogens with two attached hydrogens (primary N) is 4. The monoisotopic (exact) mass is 300 g/mol. The molecule has 0 spiro atoms. The van der Waals surface area contributed by atoms with Crippen molar-refractivity contribution < 1.29 is 0 Å². The van der Waals surface area contributed by atoms with E-state index in [9.17, 15) is 0 Å². The minimum atomic E-state index is -2.45. The van der Waals surface area contributed by atoms with Crippen LogP contribution in [-0.2, 0) is 0 Å². The van der Waals surface area contributed by atoms with E-state index in [1.165, 1.54) is 10.4 Å². The van der Waals surface area contributed by atoms with Gasteiger partial charge in [0.15, 0.2) is 8.07 Å². The summed E-state index contributed by atoms with van der Waals surface area (Å²) >= 11 is 0. The molecule has 21 heavy (non-hydrogen) atoms. The fraction of sp³-hybridized carbons (Fsp3) is 0.250. The largest absolute Gasteiger partial charge is 0.329 e. The molecule has 0 heterocycles. The maximum Gasteiger partial charge on any atom is 0.153 e. The van der Waals surface area contributed by atoms with Crippen molar-refractivity contribution in [1.82, 2.24) is 0 Å². The van der Waals surface area contributed by atoms with Crippen LogP contribution in [-0.4, -0.2) is 32.5 Å². The van der Waals surface area contributed by atoms with E-state index < -0.39 is 8.07 Å². The lowest BCUT2D eigenvalue weighted by atomic mass is 10.4. The molecule has 4 nitrogen and oxygen atoms in total. The van der Waals surface area contributed by atoms with E-state index >= 15 is 0 Å². The molecule has 0 bridgehead atoms. The molecule has 2 unspecified atom stereocenters. The molecule has 0 aliphatic heterocycles. The van der Waals surface area contributed by atoms with Gasteiger partial charge in [-0.3, -0.25) is 0 Å². The molecular weight excluding hydrogens is 276 g/mol. The number of hydrogen-bond donors (Lipinski definition) is 4. The van der Waals surface area contributed by atoms with Crippen molar-refractivity contribution in [3.63, 3.8) is 0 Å². The zero-order valence-corrected chi connectivity index (χ0v) is 13.2. The summed E-state index contributed by atoms with van der Waals surface area (Å²) in [7, 11) is -2.45. The van der Waals surface area contributed by atoms with E-state index in [-0.39, 0.29) is 11.3 Å². The molecule has 2 atom stereocenters. The van der Waals surface area contributed by atoms with Crippen LogP contribution in [0.4, 0.5) is 0 Å². The Hall–Kier alpha value is -1.50. The van der Waals surface area contributed by atoms with E-state index in [1.54, 1.807) is 0 Å². The van der Waals surface area contributed by atoms with E-state index in [0.29, 0.717) is 13.1 Å². The van der Waals surface area contributed by atoms with Gasteiger partial charge in [0, 0.05) is 24.4 Å². The molecule has 0 radical (unpaired) electrons. The van der Waals surface area contributed by atoms with E-state index in [1.807, 2.05) is 36.4 Å². The van der Waals surface area contributed by atoms with E-state index in [2.05, 4.69) is 24.3 Å². The molecule has 0 aliphatic carbocycles. The third-order valence-corrected chi connectivity index (χ3v) is 9.57. The predicted octanol–water partition coefficient (Wildman–Crippen LogP) is -1.10. The van der Waals surface area contributed by atoms with Crippen LogP contribution >= 0.6 is 0 Å². The zero-order chi connectivity index (χ0) is 15.3. The second-order valence-corrected chi connectivity index (χ2v) is 9.66. The molecule has 2 aromatic rings. The van der Waals surface area contributed by atoms with Crippen molar-refractivity contribution in [2.45, 2.75) is 11.3 Å². The summed E-state index contributed by atoms with van der Waals surface area (Å²) in [6.07, 6.45) is 0. The molecule has 0 fully saturated rings. The Morgan fingerprint density at radius 2 is 1.00 bits per heavy atom. The normalized spacial score (nSPS) is 14.7. The second-order valence-electron chi connectivity index (χ2n) is 5.29. The van der Waals surface area contributed by atoms with Crippen LogP contribution in [0.25, 0.3) is 0 Å². The highest BCUT2D eigenvalue weighted by Gasteiger charge is 2.47. The SMILES string of the molecule is NCC(N)[Si](c1ccccc1)(c1ccccc1)C(N)CN. The average molecular weight is 300 g/mol. The molecule has 0 aliphatic rings. The van der Waals surface area contributed by atoms with Crippen molar-refractivity contribution in [2.24, 2.45) is 22.9 Å². The summed E-state index contributed by atoms with van der Waals surface area (Å²) < 4.78 is 0. The van der Waals surface area contributed by atoms with Gasteiger partial charge < -0.3 is 22.9 Å². The molecule has 0 saturated heterocycles. The zero-order valence-electron chi connectivity index (χ0n) is 12.2. The van der Waals surface area contributed by atoms with Gasteiger partial charge in [-0.2, -0.15) is 0 Å². The quantitative estimate of drug-likeness (QED) is 0.508. The van der Waals surface area contributed by atoms with Crippen LogP contribution in [0.1, 0.15) is 0 Å². The molecule has 5 heteroatoms. The maximum atomic E-state index is 6.49. The highest BCUT2D eigenvalue weighted by Crippen LogP contribution is 2.12. The van der Waals surface area contributed by atoms with Crippen molar-refractivity contribution in [3.05, 3.63) is 60.7 Å². The summed E-state index contributed by atoms with van der Waals surface area (Å²) in [4.78, 5) is 0. The van der Waals surface area contributed by atoms with Gasteiger partial charge in [0.25, 0.3) is 0 Å². The highest BCUT2D eigenvalue weighted by molar-refractivity contribution is 7.04. The summed E-state index contributed by atoms with van der Waals surface area (Å²) in [5.74, 6) is 0. The predicted molar refractivity (Wildman–Crippen MR) is 92.0 cm³/mol. The van der Waals surface area contributed by atoms with Crippen LogP contribution in [0, 0.1) is 0 Å². The molecule has 2 aromatic carbocycles. The lowest BCUT2D eigenvalue weighted by Crippen LogP contribution is -2.80. The maximum absolute atomic E-state index is 6.49. The van der Waals surface area contributed by atoms with Gasteiger partial charge in [0.1, 0.15) is 0 Å². The Morgan fingerprint density at radius 3 is 1.29 bits per heavy atom. The standard InChI is InChI=1S/C16H24N4Si/c17-11-15(19)21(16(20)12-18,13-7-3-1-4-8-13)14-9-5-2-6-10-14/h1-10,15-16H,11-12,17-20H2. The Bertz CT molecular complexity index is 495. The van der Waals surface area contributed by atoms with Gasteiger partial charge in [-0.15, -0.1) is 0 Å². The van der Waals surface area contributed by atoms with Crippen LogP contribution in [0.2, 0.25) is 0 Å². The van der Waals surface area contributed by atoms with E-state index in [0.717, 1.165) is 0 Å². The Morgan fingerprint density at radius 1 is 0.667 bits per heavy atom. The van der Waals surface area contributed by atoms with Gasteiger partial charge >= 0.3 is 0 Å². The minimum Gasteiger partial charge on any atom is -0.329 e. The summed E-state index contributed by atoms with van der Waals surface area (Å²) in [5, 5.41) is 2.37. The van der Waals surface area contributed by atoms with Crippen molar-refractivity contribution in [1.29, 1.82) is 0 Å². The first kappa shape index (κ1) is 15.9. The van der Waals surface area contributed by atoms with Gasteiger partial charge in [-0.1, -0.05) is 71.0 Å². The Kier molecular flexibility index (Phi) is 5.27. The lowest BCUT2D eigenvalue weighted by Gasteiger charge is -2.41. The minimum absolute atomic E-state index is 0.180. The van der Waals surface area contributed by atoms with Gasteiger partial charge in [-0.25, -0.2) is 0 Å². The first-order valence-corrected chi connectivity index (χ1v) is 9.35. The topological polar surface area (TPSA) is 104 Å². The van der Waals surface area contributed by atoms with Gasteiger partial charge in [0.05, 0.1) is 0 Å². The molecule has 2 rings (SSSR count). The number of hydrogen-bond acceptors (Lipinski definition) is 4. The van der Waals surface area contributed by atoms with Crippen molar-refractivity contribution in [2.75, 3.05) is 13.1 Å². The fourth-order valence-electron chi connectivity index (χ4n) is 3.10. The second kappa shape index (κ2) is 6.97. The molecule has 112 valence electrons. The number of rotatable bonds is 6. The summed E-state index contributed by atoms with van der Waals surface area (Å²) in [5.41, 5.74) is 24.5. The first-order chi connectivity index (χ1) is 10.2. The highest BCUT2D eigenvalue weighted by atomic mass is 28.3. The lowest BCUT2D eigenvalue weighted by molar-refractivity contribution is 0.794. The molecule has 0 saturated carbocycles. The third-order valence-electron chi connectivity index (χ3n) is 4.18. The molecule has 0 aromatic heterocycles. The van der Waals surface area contributed by atoms with Crippen molar-refractivity contribution in [3.8, 4) is 0 Å². The van der Waals surface area contributed by atoms with Crippen LogP contribution < -0.4 is 33.3 Å². The summed E-state index contributed by atoms with van der Waals surface area (Å²) in [6.45, 7) is 0.785. The molecular formula is C16H24N4Si. The fourth-order valence-corrected chi connectivity index (χ4v) is 7.93. The number of benzene rings is 2. The average Bonchev–Trinajstić information content (AvgIpc) is 2.57. The smallest absolute Gasteiger partial charge is 0.153 e. The van der Waals surface area contributed by atoms with E-state index in [4.69, 9.17) is 22.9 Å². The molecule has 8 N–H and O–H groups in total. The van der Waals surface area contributed by atoms with Gasteiger partial charge in [-0.05, 0) is 0 Å². The molecule has 0 amide bonds.